The van der Waals surface area contributed by atoms with Crippen molar-refractivity contribution in [3.8, 4) is 11.5 Å². The Morgan fingerprint density at radius 2 is 1.88 bits per heavy atom. The number of carbonyl (C=O) groups is 2. The minimum Gasteiger partial charge on any atom is -0.481 e. The van der Waals surface area contributed by atoms with Gasteiger partial charge in [0.05, 0.1) is 40.2 Å². The van der Waals surface area contributed by atoms with E-state index in [2.05, 4.69) is 38.0 Å². The van der Waals surface area contributed by atoms with E-state index in [-0.39, 0.29) is 31.2 Å². The highest BCUT2D eigenvalue weighted by molar-refractivity contribution is 5.79. The van der Waals surface area contributed by atoms with Crippen LogP contribution < -0.4 is 9.47 Å². The third-order valence-electron chi connectivity index (χ3n) is 8.01. The SMILES string of the molecule is CCCCN(CCC[N+](C)(C)C)C(=O)CN1C[C@H](c2ccc3c(c2)OCO3)C(C(=O)O)[C@@H]1CCc1ccccn1. The number of carbonyl (C=O) groups excluding carboxylic acids is 1. The molecule has 1 unspecified atom stereocenters. The van der Waals surface area contributed by atoms with E-state index in [1.807, 2.05) is 41.3 Å². The average molecular weight is 554 g/mol. The largest absolute Gasteiger partial charge is 0.481 e. The number of amides is 1. The quantitative estimate of drug-likeness (QED) is 0.357. The molecular weight excluding hydrogens is 508 g/mol. The number of aromatic nitrogens is 1. The molecule has 40 heavy (non-hydrogen) atoms. The first kappa shape index (κ1) is 29.8. The van der Waals surface area contributed by atoms with Gasteiger partial charge < -0.3 is 24.0 Å². The molecule has 2 aromatic rings. The molecule has 3 heterocycles. The molecule has 0 bridgehead atoms. The standard InChI is InChI=1S/C31H44N4O5/c1-5-6-16-33(17-9-18-35(2,3)4)29(36)21-34-20-25(23-11-14-27-28(19-23)40-22-39-27)30(31(37)38)26(34)13-12-24-10-7-8-15-32-24/h7-8,10-11,14-15,19,25-26,30H,5-6,9,12-13,16-18,20-22H2,1-4H3/p+1/t25-,26+,30?/m1/s1. The molecule has 9 nitrogen and oxygen atoms in total. The lowest BCUT2D eigenvalue weighted by molar-refractivity contribution is -0.870. The van der Waals surface area contributed by atoms with E-state index >= 15 is 0 Å². The molecule has 1 amide bonds. The zero-order valence-electron chi connectivity index (χ0n) is 24.4. The van der Waals surface area contributed by atoms with E-state index < -0.39 is 11.9 Å². The fraction of sp³-hybridized carbons (Fsp3) is 0.581. The Balaban J connectivity index is 1.56. The number of aliphatic carboxylic acids is 1. The van der Waals surface area contributed by atoms with Crippen LogP contribution in [0.25, 0.3) is 0 Å². The van der Waals surface area contributed by atoms with Gasteiger partial charge in [-0.05, 0) is 49.1 Å². The molecule has 1 aromatic heterocycles. The predicted molar refractivity (Wildman–Crippen MR) is 153 cm³/mol. The number of benzene rings is 1. The normalized spacial score (nSPS) is 20.6. The van der Waals surface area contributed by atoms with Crippen LogP contribution >= 0.6 is 0 Å². The molecule has 0 spiro atoms. The monoisotopic (exact) mass is 553 g/mol. The van der Waals surface area contributed by atoms with Crippen LogP contribution in [0.3, 0.4) is 0 Å². The molecule has 218 valence electrons. The Morgan fingerprint density at radius 1 is 1.10 bits per heavy atom. The van der Waals surface area contributed by atoms with Gasteiger partial charge in [-0.15, -0.1) is 0 Å². The van der Waals surface area contributed by atoms with Crippen molar-refractivity contribution in [1.29, 1.82) is 0 Å². The summed E-state index contributed by atoms with van der Waals surface area (Å²) in [6, 6.07) is 11.2. The predicted octanol–water partition coefficient (Wildman–Crippen LogP) is 3.64. The molecule has 4 rings (SSSR count). The molecule has 0 aliphatic carbocycles. The lowest BCUT2D eigenvalue weighted by atomic mass is 9.83. The maximum Gasteiger partial charge on any atom is 0.308 e. The number of hydrogen-bond donors (Lipinski definition) is 1. The number of nitrogens with zero attached hydrogens (tertiary/aromatic N) is 4. The van der Waals surface area contributed by atoms with Gasteiger partial charge in [0, 0.05) is 49.9 Å². The number of hydrogen-bond acceptors (Lipinski definition) is 6. The molecular formula is C31H45N4O5+. The molecule has 1 fully saturated rings. The van der Waals surface area contributed by atoms with Crippen molar-refractivity contribution < 1.29 is 28.7 Å². The van der Waals surface area contributed by atoms with Crippen molar-refractivity contribution in [2.75, 3.05) is 60.7 Å². The van der Waals surface area contributed by atoms with Gasteiger partial charge in [0.15, 0.2) is 11.5 Å². The molecule has 0 saturated carbocycles. The number of unbranched alkanes of at least 4 members (excludes halogenated alkanes) is 1. The zero-order chi connectivity index (χ0) is 28.7. The molecule has 2 aliphatic rings. The number of rotatable bonds is 14. The van der Waals surface area contributed by atoms with Gasteiger partial charge in [0.25, 0.3) is 0 Å². The third kappa shape index (κ3) is 7.73. The van der Waals surface area contributed by atoms with Crippen LogP contribution in [0.1, 0.15) is 49.8 Å². The van der Waals surface area contributed by atoms with Crippen LogP contribution in [0.5, 0.6) is 11.5 Å². The van der Waals surface area contributed by atoms with Gasteiger partial charge in [-0.3, -0.25) is 19.5 Å². The number of pyridine rings is 1. The lowest BCUT2D eigenvalue weighted by Crippen LogP contribution is -2.45. The summed E-state index contributed by atoms with van der Waals surface area (Å²) in [7, 11) is 6.49. The van der Waals surface area contributed by atoms with E-state index in [0.29, 0.717) is 30.9 Å². The van der Waals surface area contributed by atoms with Gasteiger partial charge >= 0.3 is 5.97 Å². The number of likely N-dealkylation sites (tertiary alicyclic amines) is 1. The van der Waals surface area contributed by atoms with Gasteiger partial charge in [-0.25, -0.2) is 0 Å². The van der Waals surface area contributed by atoms with Crippen molar-refractivity contribution in [3.05, 3.63) is 53.9 Å². The molecule has 1 saturated heterocycles. The number of carboxylic acid groups (broad SMARTS) is 1. The topological polar surface area (TPSA) is 92.2 Å². The maximum absolute atomic E-state index is 13.7. The average Bonchev–Trinajstić information content (AvgIpc) is 3.53. The van der Waals surface area contributed by atoms with E-state index in [1.165, 1.54) is 0 Å². The minimum atomic E-state index is -0.838. The molecule has 1 aromatic carbocycles. The van der Waals surface area contributed by atoms with Crippen LogP contribution in [0.4, 0.5) is 0 Å². The zero-order valence-corrected chi connectivity index (χ0v) is 24.4. The van der Waals surface area contributed by atoms with Gasteiger partial charge in [-0.2, -0.15) is 0 Å². The fourth-order valence-corrected chi connectivity index (χ4v) is 5.90. The number of carboxylic acids is 1. The molecule has 1 N–H and O–H groups in total. The summed E-state index contributed by atoms with van der Waals surface area (Å²) in [5.41, 5.74) is 1.83. The number of fused-ring (bicyclic) bond motifs is 1. The van der Waals surface area contributed by atoms with Crippen LogP contribution in [-0.2, 0) is 16.0 Å². The van der Waals surface area contributed by atoms with Gasteiger partial charge in [0.2, 0.25) is 12.7 Å². The third-order valence-corrected chi connectivity index (χ3v) is 8.01. The highest BCUT2D eigenvalue weighted by atomic mass is 16.7. The molecule has 2 aliphatic heterocycles. The Labute approximate surface area is 238 Å². The summed E-state index contributed by atoms with van der Waals surface area (Å²) >= 11 is 0. The summed E-state index contributed by atoms with van der Waals surface area (Å²) < 4.78 is 11.9. The lowest BCUT2D eigenvalue weighted by Gasteiger charge is -2.30. The Hall–Kier alpha value is -3.17. The van der Waals surface area contributed by atoms with Crippen molar-refractivity contribution in [2.45, 2.75) is 51.0 Å². The van der Waals surface area contributed by atoms with Crippen LogP contribution in [-0.4, -0.2) is 103 Å². The van der Waals surface area contributed by atoms with E-state index in [1.54, 1.807) is 6.20 Å². The Kier molecular flexibility index (Phi) is 10.0. The van der Waals surface area contributed by atoms with Crippen molar-refractivity contribution >= 4 is 11.9 Å². The van der Waals surface area contributed by atoms with Crippen molar-refractivity contribution in [3.63, 3.8) is 0 Å². The summed E-state index contributed by atoms with van der Waals surface area (Å²) in [5, 5.41) is 10.5. The first-order chi connectivity index (χ1) is 19.2. The Morgan fingerprint density at radius 3 is 2.58 bits per heavy atom. The van der Waals surface area contributed by atoms with E-state index in [9.17, 15) is 14.7 Å². The second kappa shape index (κ2) is 13.5. The van der Waals surface area contributed by atoms with Gasteiger partial charge in [0.1, 0.15) is 0 Å². The van der Waals surface area contributed by atoms with Crippen LogP contribution in [0, 0.1) is 5.92 Å². The Bertz CT molecular complexity index is 1140. The number of aryl methyl sites for hydroxylation is 1. The van der Waals surface area contributed by atoms with Crippen molar-refractivity contribution in [2.24, 2.45) is 5.92 Å². The second-order valence-corrected chi connectivity index (χ2v) is 12.0. The molecule has 0 radical (unpaired) electrons. The van der Waals surface area contributed by atoms with Crippen LogP contribution in [0.15, 0.2) is 42.6 Å². The minimum absolute atomic E-state index is 0.0770. The van der Waals surface area contributed by atoms with E-state index in [4.69, 9.17) is 9.47 Å². The van der Waals surface area contributed by atoms with Crippen molar-refractivity contribution in [1.82, 2.24) is 14.8 Å². The first-order valence-corrected chi connectivity index (χ1v) is 14.5. The van der Waals surface area contributed by atoms with Crippen LogP contribution in [0.2, 0.25) is 0 Å². The number of quaternary nitrogens is 1. The van der Waals surface area contributed by atoms with Gasteiger partial charge in [-0.1, -0.05) is 25.5 Å². The smallest absolute Gasteiger partial charge is 0.308 e. The summed E-state index contributed by atoms with van der Waals surface area (Å²) in [6.07, 6.45) is 5.92. The fourth-order valence-electron chi connectivity index (χ4n) is 5.90. The molecule has 3 atom stereocenters. The summed E-state index contributed by atoms with van der Waals surface area (Å²) in [6.45, 7) is 5.44. The van der Waals surface area contributed by atoms with E-state index in [0.717, 1.165) is 54.6 Å². The first-order valence-electron chi connectivity index (χ1n) is 14.5. The number of ether oxygens (including phenoxy) is 2. The molecule has 9 heteroatoms. The highest BCUT2D eigenvalue weighted by Gasteiger charge is 2.47. The summed E-state index contributed by atoms with van der Waals surface area (Å²) in [5.74, 6) is -0.366. The maximum atomic E-state index is 13.7. The highest BCUT2D eigenvalue weighted by Crippen LogP contribution is 2.43. The second-order valence-electron chi connectivity index (χ2n) is 12.0. The summed E-state index contributed by atoms with van der Waals surface area (Å²) in [4.78, 5) is 35.1.